The second-order valence-corrected chi connectivity index (χ2v) is 6.56. The molecular formula is C21H28. The van der Waals surface area contributed by atoms with Crippen molar-refractivity contribution in [2.75, 3.05) is 0 Å². The predicted octanol–water partition coefficient (Wildman–Crippen LogP) is 6.55. The molecule has 21 heavy (non-hydrogen) atoms. The smallest absolute Gasteiger partial charge is 0.0181 e. The molecule has 0 spiro atoms. The Morgan fingerprint density at radius 2 is 1.81 bits per heavy atom. The topological polar surface area (TPSA) is 0 Å². The SMILES string of the molecule is C/C(=C\CCCC(C)C)CCc1ccc2ccccc2c1. The highest BCUT2D eigenvalue weighted by molar-refractivity contribution is 5.82. The quantitative estimate of drug-likeness (QED) is 0.399. The third kappa shape index (κ3) is 5.38. The summed E-state index contributed by atoms with van der Waals surface area (Å²) >= 11 is 0. The van der Waals surface area contributed by atoms with Crippen molar-refractivity contribution in [3.63, 3.8) is 0 Å². The van der Waals surface area contributed by atoms with E-state index < -0.39 is 0 Å². The van der Waals surface area contributed by atoms with Crippen molar-refractivity contribution >= 4 is 10.8 Å². The van der Waals surface area contributed by atoms with Crippen LogP contribution in [0, 0.1) is 5.92 Å². The fourth-order valence-electron chi connectivity index (χ4n) is 2.71. The molecular weight excluding hydrogens is 252 g/mol. The standard InChI is InChI=1S/C21H28/c1-17(2)8-4-5-9-18(3)12-13-19-14-15-20-10-6-7-11-21(20)16-19/h6-7,9-11,14-17H,4-5,8,12-13H2,1-3H3/b18-9+. The minimum atomic E-state index is 0.830. The van der Waals surface area contributed by atoms with Crippen molar-refractivity contribution in [2.45, 2.75) is 52.9 Å². The first-order valence-corrected chi connectivity index (χ1v) is 8.28. The monoisotopic (exact) mass is 280 g/mol. The van der Waals surface area contributed by atoms with Gasteiger partial charge in [-0.2, -0.15) is 0 Å². The summed E-state index contributed by atoms with van der Waals surface area (Å²) in [4.78, 5) is 0. The Hall–Kier alpha value is -1.56. The van der Waals surface area contributed by atoms with Gasteiger partial charge in [-0.1, -0.05) is 74.4 Å². The van der Waals surface area contributed by atoms with Crippen molar-refractivity contribution in [1.82, 2.24) is 0 Å². The molecule has 0 radical (unpaired) electrons. The lowest BCUT2D eigenvalue weighted by molar-refractivity contribution is 0.559. The zero-order valence-corrected chi connectivity index (χ0v) is 13.7. The zero-order chi connectivity index (χ0) is 15.1. The summed E-state index contributed by atoms with van der Waals surface area (Å²) in [5.74, 6) is 0.830. The van der Waals surface area contributed by atoms with Gasteiger partial charge in [0.2, 0.25) is 0 Å². The maximum Gasteiger partial charge on any atom is -0.0181 e. The minimum absolute atomic E-state index is 0.830. The number of benzene rings is 2. The van der Waals surface area contributed by atoms with Gasteiger partial charge < -0.3 is 0 Å². The summed E-state index contributed by atoms with van der Waals surface area (Å²) in [5.41, 5.74) is 2.98. The molecule has 0 amide bonds. The lowest BCUT2D eigenvalue weighted by atomic mass is 10.0. The Bertz CT molecular complexity index is 590. The number of allylic oxidation sites excluding steroid dienone is 2. The molecule has 0 nitrogen and oxygen atoms in total. The minimum Gasteiger partial charge on any atom is -0.0856 e. The normalized spacial score (nSPS) is 12.3. The summed E-state index contributed by atoms with van der Waals surface area (Å²) in [6.07, 6.45) is 8.67. The van der Waals surface area contributed by atoms with Gasteiger partial charge in [0.05, 0.1) is 0 Å². The van der Waals surface area contributed by atoms with Crippen LogP contribution in [0.2, 0.25) is 0 Å². The molecule has 0 saturated heterocycles. The van der Waals surface area contributed by atoms with E-state index in [1.54, 1.807) is 0 Å². The summed E-state index contributed by atoms with van der Waals surface area (Å²) in [6.45, 7) is 6.88. The van der Waals surface area contributed by atoms with Gasteiger partial charge in [0.15, 0.2) is 0 Å². The van der Waals surface area contributed by atoms with Gasteiger partial charge in [0, 0.05) is 0 Å². The number of fused-ring (bicyclic) bond motifs is 1. The molecule has 0 atom stereocenters. The van der Waals surface area contributed by atoms with E-state index in [0.717, 1.165) is 12.3 Å². The molecule has 2 aromatic carbocycles. The van der Waals surface area contributed by atoms with Crippen molar-refractivity contribution in [1.29, 1.82) is 0 Å². The first-order chi connectivity index (χ1) is 10.1. The summed E-state index contributed by atoms with van der Waals surface area (Å²) < 4.78 is 0. The number of aryl methyl sites for hydroxylation is 1. The first kappa shape index (κ1) is 15.8. The molecule has 0 aliphatic rings. The third-order valence-electron chi connectivity index (χ3n) is 4.10. The molecule has 0 unspecified atom stereocenters. The van der Waals surface area contributed by atoms with E-state index in [-0.39, 0.29) is 0 Å². The van der Waals surface area contributed by atoms with Crippen LogP contribution in [0.25, 0.3) is 10.8 Å². The van der Waals surface area contributed by atoms with E-state index in [1.807, 2.05) is 0 Å². The van der Waals surface area contributed by atoms with Gasteiger partial charge >= 0.3 is 0 Å². The molecule has 0 aliphatic heterocycles. The fraction of sp³-hybridized carbons (Fsp3) is 0.429. The van der Waals surface area contributed by atoms with Crippen molar-refractivity contribution < 1.29 is 0 Å². The van der Waals surface area contributed by atoms with Gasteiger partial charge in [0.25, 0.3) is 0 Å². The molecule has 2 aromatic rings. The van der Waals surface area contributed by atoms with Gasteiger partial charge in [-0.25, -0.2) is 0 Å². The Labute approximate surface area is 129 Å². The third-order valence-corrected chi connectivity index (χ3v) is 4.10. The summed E-state index contributed by atoms with van der Waals surface area (Å²) in [5, 5.41) is 2.69. The van der Waals surface area contributed by atoms with Gasteiger partial charge in [-0.15, -0.1) is 0 Å². The van der Waals surface area contributed by atoms with E-state index in [9.17, 15) is 0 Å². The average Bonchev–Trinajstić information content (AvgIpc) is 2.49. The molecule has 0 aromatic heterocycles. The van der Waals surface area contributed by atoms with Crippen LogP contribution in [-0.2, 0) is 6.42 Å². The maximum atomic E-state index is 2.43. The molecule has 0 heterocycles. The Morgan fingerprint density at radius 3 is 2.57 bits per heavy atom. The summed E-state index contributed by atoms with van der Waals surface area (Å²) in [7, 11) is 0. The van der Waals surface area contributed by atoms with Gasteiger partial charge in [0.1, 0.15) is 0 Å². The largest absolute Gasteiger partial charge is 0.0856 e. The van der Waals surface area contributed by atoms with Gasteiger partial charge in [-0.05, 0) is 54.9 Å². The van der Waals surface area contributed by atoms with Crippen LogP contribution >= 0.6 is 0 Å². The molecule has 0 N–H and O–H groups in total. The van der Waals surface area contributed by atoms with Crippen LogP contribution in [0.15, 0.2) is 54.1 Å². The molecule has 0 bridgehead atoms. The number of hydrogen-bond donors (Lipinski definition) is 0. The number of hydrogen-bond acceptors (Lipinski definition) is 0. The summed E-state index contributed by atoms with van der Waals surface area (Å²) in [6, 6.07) is 15.5. The van der Waals surface area contributed by atoms with Crippen LogP contribution in [0.4, 0.5) is 0 Å². The average molecular weight is 280 g/mol. The van der Waals surface area contributed by atoms with E-state index in [4.69, 9.17) is 0 Å². The zero-order valence-electron chi connectivity index (χ0n) is 13.7. The lowest BCUT2D eigenvalue weighted by Crippen LogP contribution is -1.89. The number of unbranched alkanes of at least 4 members (excludes halogenated alkanes) is 1. The van der Waals surface area contributed by atoms with E-state index in [2.05, 4.69) is 69.3 Å². The number of rotatable bonds is 7. The maximum absolute atomic E-state index is 2.43. The first-order valence-electron chi connectivity index (χ1n) is 8.28. The van der Waals surface area contributed by atoms with Crippen LogP contribution in [0.3, 0.4) is 0 Å². The lowest BCUT2D eigenvalue weighted by Gasteiger charge is -2.05. The van der Waals surface area contributed by atoms with Crippen molar-refractivity contribution in [3.05, 3.63) is 59.7 Å². The van der Waals surface area contributed by atoms with Crippen molar-refractivity contribution in [3.8, 4) is 0 Å². The van der Waals surface area contributed by atoms with E-state index >= 15 is 0 Å². The van der Waals surface area contributed by atoms with Crippen LogP contribution in [-0.4, -0.2) is 0 Å². The molecule has 0 aliphatic carbocycles. The highest BCUT2D eigenvalue weighted by Gasteiger charge is 1.98. The second kappa shape index (κ2) is 8.02. The molecule has 0 saturated carbocycles. The Balaban J connectivity index is 1.84. The predicted molar refractivity (Wildman–Crippen MR) is 94.7 cm³/mol. The van der Waals surface area contributed by atoms with Crippen LogP contribution < -0.4 is 0 Å². The Kier molecular flexibility index (Phi) is 6.04. The highest BCUT2D eigenvalue weighted by atomic mass is 14.0. The molecule has 2 rings (SSSR count). The molecule has 112 valence electrons. The Morgan fingerprint density at radius 1 is 1.05 bits per heavy atom. The van der Waals surface area contributed by atoms with Crippen molar-refractivity contribution in [2.24, 2.45) is 5.92 Å². The molecule has 0 heteroatoms. The fourth-order valence-corrected chi connectivity index (χ4v) is 2.71. The van der Waals surface area contributed by atoms with Crippen LogP contribution in [0.1, 0.15) is 52.0 Å². The van der Waals surface area contributed by atoms with E-state index in [0.29, 0.717) is 0 Å². The van der Waals surface area contributed by atoms with Crippen LogP contribution in [0.5, 0.6) is 0 Å². The highest BCUT2D eigenvalue weighted by Crippen LogP contribution is 2.18. The van der Waals surface area contributed by atoms with Gasteiger partial charge in [-0.3, -0.25) is 0 Å². The molecule has 0 fully saturated rings. The van der Waals surface area contributed by atoms with E-state index in [1.165, 1.54) is 47.6 Å². The second-order valence-electron chi connectivity index (χ2n) is 6.56.